The van der Waals surface area contributed by atoms with Gasteiger partial charge in [-0.1, -0.05) is 6.92 Å². The van der Waals surface area contributed by atoms with Crippen LogP contribution in [0.25, 0.3) is 0 Å². The van der Waals surface area contributed by atoms with Crippen molar-refractivity contribution in [3.63, 3.8) is 0 Å². The van der Waals surface area contributed by atoms with Gasteiger partial charge in [0.25, 0.3) is 0 Å². The fourth-order valence-corrected chi connectivity index (χ4v) is 1.05. The van der Waals surface area contributed by atoms with Gasteiger partial charge in [-0.3, -0.25) is 0 Å². The van der Waals surface area contributed by atoms with Gasteiger partial charge in [-0.05, 0) is 12.8 Å². The summed E-state index contributed by atoms with van der Waals surface area (Å²) >= 11 is 0. The smallest absolute Gasteiger partial charge is 0.0372 e. The third-order valence-corrected chi connectivity index (χ3v) is 1.90. The fourth-order valence-electron chi connectivity index (χ4n) is 1.05. The predicted octanol–water partition coefficient (Wildman–Crippen LogP) is -0.0437. The van der Waals surface area contributed by atoms with Crippen molar-refractivity contribution >= 4 is 0 Å². The van der Waals surface area contributed by atoms with Crippen molar-refractivity contribution in [2.75, 3.05) is 6.54 Å². The molecule has 8 heavy (non-hydrogen) atoms. The Hall–Kier alpha value is -0.0800. The summed E-state index contributed by atoms with van der Waals surface area (Å²) in [6, 6.07) is 0.708. The first kappa shape index (κ1) is 6.05. The maximum absolute atomic E-state index is 5.73. The fraction of sp³-hybridized carbons (Fsp3) is 1.00. The number of nitrogens with two attached hydrogens (primary N) is 1. The second-order valence-corrected chi connectivity index (χ2v) is 2.66. The normalized spacial score (nSPS) is 47.6. The summed E-state index contributed by atoms with van der Waals surface area (Å²) in [6.45, 7) is 5.19. The molecule has 0 bridgehead atoms. The van der Waals surface area contributed by atoms with Crippen LogP contribution in [0.5, 0.6) is 0 Å². The van der Waals surface area contributed by atoms with Crippen LogP contribution in [0.1, 0.15) is 13.8 Å². The Morgan fingerprint density at radius 1 is 1.50 bits per heavy atom. The molecule has 0 amide bonds. The summed E-state index contributed by atoms with van der Waals surface area (Å²) in [7, 11) is 0. The molecule has 3 unspecified atom stereocenters. The first-order valence-corrected chi connectivity index (χ1v) is 3.14. The van der Waals surface area contributed by atoms with Crippen LogP contribution in [0.15, 0.2) is 0 Å². The van der Waals surface area contributed by atoms with Crippen LogP contribution in [0, 0.1) is 5.92 Å². The van der Waals surface area contributed by atoms with Crippen molar-refractivity contribution in [2.24, 2.45) is 11.7 Å². The van der Waals surface area contributed by atoms with Gasteiger partial charge in [-0.15, -0.1) is 0 Å². The SMILES string of the molecule is CC1C[N]C(C)C1N. The zero-order chi connectivity index (χ0) is 6.15. The molecule has 1 saturated heterocycles. The van der Waals surface area contributed by atoms with E-state index in [1.54, 1.807) is 0 Å². The van der Waals surface area contributed by atoms with E-state index >= 15 is 0 Å². The number of nitrogens with zero attached hydrogens (tertiary/aromatic N) is 1. The molecule has 0 aromatic heterocycles. The highest BCUT2D eigenvalue weighted by Crippen LogP contribution is 2.11. The van der Waals surface area contributed by atoms with Crippen molar-refractivity contribution in [1.29, 1.82) is 0 Å². The summed E-state index contributed by atoms with van der Waals surface area (Å²) in [4.78, 5) is 0. The van der Waals surface area contributed by atoms with Gasteiger partial charge >= 0.3 is 0 Å². The van der Waals surface area contributed by atoms with E-state index in [9.17, 15) is 0 Å². The Bertz CT molecular complexity index is 72.6. The summed E-state index contributed by atoms with van der Waals surface area (Å²) in [6.07, 6.45) is 0. The number of rotatable bonds is 0. The average molecular weight is 113 g/mol. The summed E-state index contributed by atoms with van der Waals surface area (Å²) in [5, 5.41) is 4.27. The Morgan fingerprint density at radius 3 is 2.25 bits per heavy atom. The van der Waals surface area contributed by atoms with E-state index in [0.717, 1.165) is 6.54 Å². The minimum absolute atomic E-state index is 0.315. The first-order chi connectivity index (χ1) is 3.72. The molecule has 0 saturated carbocycles. The van der Waals surface area contributed by atoms with Crippen LogP contribution in [0.2, 0.25) is 0 Å². The summed E-state index contributed by atoms with van der Waals surface area (Å²) < 4.78 is 0. The van der Waals surface area contributed by atoms with Gasteiger partial charge in [0.05, 0.1) is 0 Å². The van der Waals surface area contributed by atoms with Crippen LogP contribution >= 0.6 is 0 Å². The zero-order valence-corrected chi connectivity index (χ0v) is 5.46. The van der Waals surface area contributed by atoms with Gasteiger partial charge in [-0.25, -0.2) is 5.32 Å². The molecule has 47 valence electrons. The molecule has 1 rings (SSSR count). The molecule has 1 aliphatic heterocycles. The highest BCUT2D eigenvalue weighted by atomic mass is 15.0. The zero-order valence-electron chi connectivity index (χ0n) is 5.46. The molecule has 1 radical (unpaired) electrons. The number of hydrogen-bond donors (Lipinski definition) is 1. The van der Waals surface area contributed by atoms with Crippen LogP contribution in [0.4, 0.5) is 0 Å². The van der Waals surface area contributed by atoms with Crippen molar-refractivity contribution in [3.8, 4) is 0 Å². The lowest BCUT2D eigenvalue weighted by atomic mass is 10.0. The van der Waals surface area contributed by atoms with Crippen molar-refractivity contribution in [3.05, 3.63) is 0 Å². The predicted molar refractivity (Wildman–Crippen MR) is 33.6 cm³/mol. The second kappa shape index (κ2) is 2.03. The minimum Gasteiger partial charge on any atom is -0.326 e. The van der Waals surface area contributed by atoms with Crippen LogP contribution in [0.3, 0.4) is 0 Å². The quantitative estimate of drug-likeness (QED) is 0.470. The highest BCUT2D eigenvalue weighted by molar-refractivity contribution is 4.87. The second-order valence-electron chi connectivity index (χ2n) is 2.66. The number of hydrogen-bond acceptors (Lipinski definition) is 1. The first-order valence-electron chi connectivity index (χ1n) is 3.14. The molecular weight excluding hydrogens is 100 g/mol. The molecule has 0 aliphatic carbocycles. The molecule has 2 heteroatoms. The van der Waals surface area contributed by atoms with Gasteiger partial charge in [0, 0.05) is 18.6 Å². The Labute approximate surface area is 50.4 Å². The van der Waals surface area contributed by atoms with Crippen LogP contribution in [-0.2, 0) is 0 Å². The molecule has 0 aromatic carbocycles. The van der Waals surface area contributed by atoms with E-state index in [2.05, 4.69) is 19.2 Å². The molecule has 2 nitrogen and oxygen atoms in total. The van der Waals surface area contributed by atoms with Crippen molar-refractivity contribution < 1.29 is 0 Å². The Kier molecular flexibility index (Phi) is 1.54. The standard InChI is InChI=1S/C6H13N2/c1-4-3-8-5(2)6(4)7/h4-6H,3,7H2,1-2H3. The van der Waals surface area contributed by atoms with E-state index < -0.39 is 0 Å². The van der Waals surface area contributed by atoms with Crippen LogP contribution in [-0.4, -0.2) is 18.6 Å². The lowest BCUT2D eigenvalue weighted by Gasteiger charge is -2.10. The average Bonchev–Trinajstić information content (AvgIpc) is 1.98. The maximum Gasteiger partial charge on any atom is 0.0372 e. The topological polar surface area (TPSA) is 40.1 Å². The van der Waals surface area contributed by atoms with Gasteiger partial charge in [0.15, 0.2) is 0 Å². The lowest BCUT2D eigenvalue weighted by molar-refractivity contribution is 0.512. The molecule has 1 aliphatic rings. The van der Waals surface area contributed by atoms with E-state index in [1.807, 2.05) is 0 Å². The third-order valence-electron chi connectivity index (χ3n) is 1.90. The van der Waals surface area contributed by atoms with Gasteiger partial charge in [0.1, 0.15) is 0 Å². The van der Waals surface area contributed by atoms with Gasteiger partial charge in [0.2, 0.25) is 0 Å². The monoisotopic (exact) mass is 113 g/mol. The molecular formula is C6H13N2. The van der Waals surface area contributed by atoms with E-state index in [-0.39, 0.29) is 0 Å². The van der Waals surface area contributed by atoms with Crippen molar-refractivity contribution in [2.45, 2.75) is 25.9 Å². The molecule has 1 fully saturated rings. The minimum atomic E-state index is 0.315. The van der Waals surface area contributed by atoms with E-state index in [0.29, 0.717) is 18.0 Å². The maximum atomic E-state index is 5.73. The largest absolute Gasteiger partial charge is 0.326 e. The Balaban J connectivity index is 2.44. The lowest BCUT2D eigenvalue weighted by Crippen LogP contribution is -2.33. The summed E-state index contributed by atoms with van der Waals surface area (Å²) in [5.41, 5.74) is 5.73. The molecule has 0 aromatic rings. The Morgan fingerprint density at radius 2 is 2.12 bits per heavy atom. The molecule has 3 atom stereocenters. The van der Waals surface area contributed by atoms with Crippen LogP contribution < -0.4 is 11.1 Å². The molecule has 2 N–H and O–H groups in total. The van der Waals surface area contributed by atoms with Gasteiger partial charge in [-0.2, -0.15) is 0 Å². The van der Waals surface area contributed by atoms with Gasteiger partial charge < -0.3 is 5.73 Å². The molecule has 1 heterocycles. The van der Waals surface area contributed by atoms with E-state index in [4.69, 9.17) is 5.73 Å². The van der Waals surface area contributed by atoms with E-state index in [1.165, 1.54) is 0 Å². The molecule has 0 spiro atoms. The highest BCUT2D eigenvalue weighted by Gasteiger charge is 2.26. The van der Waals surface area contributed by atoms with Crippen molar-refractivity contribution in [1.82, 2.24) is 5.32 Å². The summed E-state index contributed by atoms with van der Waals surface area (Å²) in [5.74, 6) is 0.602. The third kappa shape index (κ3) is 0.858.